The fourth-order valence-electron chi connectivity index (χ4n) is 4.18. The highest BCUT2D eigenvalue weighted by Gasteiger charge is 2.33. The van der Waals surface area contributed by atoms with Gasteiger partial charge < -0.3 is 23.7 Å². The van der Waals surface area contributed by atoms with E-state index in [0.717, 1.165) is 0 Å². The molecule has 0 unspecified atom stereocenters. The predicted octanol–water partition coefficient (Wildman–Crippen LogP) is 2.36. The minimum atomic E-state index is -0.862. The Labute approximate surface area is 222 Å². The molecule has 0 radical (unpaired) electrons. The summed E-state index contributed by atoms with van der Waals surface area (Å²) in [5, 5.41) is 0. The molecule has 0 fully saturated rings. The van der Waals surface area contributed by atoms with Crippen molar-refractivity contribution >= 4 is 29.4 Å². The second-order valence-corrected chi connectivity index (χ2v) is 9.19. The van der Waals surface area contributed by atoms with Crippen LogP contribution in [0.2, 0.25) is 0 Å². The minimum Gasteiger partial charge on any atom is -0.497 e. The molecule has 4 rings (SSSR count). The summed E-state index contributed by atoms with van der Waals surface area (Å²) < 4.78 is 28.3. The average Bonchev–Trinajstić information content (AvgIpc) is 3.21. The first-order chi connectivity index (χ1) is 18.2. The minimum absolute atomic E-state index is 0.204. The number of allylic oxidation sites excluding steroid dienone is 1. The first-order valence-corrected chi connectivity index (χ1v) is 12.2. The molecule has 0 aliphatic carbocycles. The number of ether oxygens (including phenoxy) is 5. The fourth-order valence-corrected chi connectivity index (χ4v) is 5.22. The Morgan fingerprint density at radius 1 is 0.974 bits per heavy atom. The Balaban J connectivity index is 1.95. The quantitative estimate of drug-likeness (QED) is 0.333. The van der Waals surface area contributed by atoms with E-state index in [1.165, 1.54) is 44.2 Å². The molecule has 2 aromatic carbocycles. The molecule has 2 heterocycles. The van der Waals surface area contributed by atoms with Crippen molar-refractivity contribution in [2.24, 2.45) is 4.99 Å². The maximum atomic E-state index is 13.8. The largest absolute Gasteiger partial charge is 0.497 e. The van der Waals surface area contributed by atoms with Gasteiger partial charge in [-0.05, 0) is 42.8 Å². The number of fused-ring (bicyclic) bond motifs is 1. The first kappa shape index (κ1) is 26.7. The molecule has 0 spiro atoms. The Kier molecular flexibility index (Phi) is 7.67. The lowest BCUT2D eigenvalue weighted by molar-refractivity contribution is -0.136. The van der Waals surface area contributed by atoms with E-state index in [1.54, 1.807) is 56.5 Å². The third kappa shape index (κ3) is 4.92. The van der Waals surface area contributed by atoms with Gasteiger partial charge in [-0.15, -0.1) is 0 Å². The van der Waals surface area contributed by atoms with Crippen molar-refractivity contribution in [2.45, 2.75) is 19.9 Å². The molecule has 0 bridgehead atoms. The molecule has 198 valence electrons. The van der Waals surface area contributed by atoms with E-state index in [9.17, 15) is 14.4 Å². The van der Waals surface area contributed by atoms with E-state index >= 15 is 0 Å². The molecule has 10 nitrogen and oxygen atoms in total. The van der Waals surface area contributed by atoms with Crippen molar-refractivity contribution in [3.63, 3.8) is 0 Å². The summed E-state index contributed by atoms with van der Waals surface area (Å²) in [7, 11) is 5.79. The molecule has 0 saturated carbocycles. The van der Waals surface area contributed by atoms with Crippen LogP contribution in [0.4, 0.5) is 0 Å². The van der Waals surface area contributed by atoms with Crippen LogP contribution in [-0.4, -0.2) is 44.9 Å². The first-order valence-electron chi connectivity index (χ1n) is 11.4. The van der Waals surface area contributed by atoms with Crippen molar-refractivity contribution in [3.8, 4) is 23.0 Å². The van der Waals surface area contributed by atoms with Crippen LogP contribution in [0.1, 0.15) is 31.0 Å². The van der Waals surface area contributed by atoms with E-state index in [1.807, 2.05) is 0 Å². The topological polar surface area (TPSA) is 115 Å². The van der Waals surface area contributed by atoms with Gasteiger partial charge in [-0.2, -0.15) is 0 Å². The number of aromatic nitrogens is 1. The lowest BCUT2D eigenvalue weighted by Gasteiger charge is -2.25. The summed E-state index contributed by atoms with van der Waals surface area (Å²) in [6, 6.07) is 9.26. The van der Waals surface area contributed by atoms with Gasteiger partial charge >= 0.3 is 11.9 Å². The van der Waals surface area contributed by atoms with Gasteiger partial charge in [0.25, 0.3) is 5.56 Å². The number of benzene rings is 2. The van der Waals surface area contributed by atoms with Crippen molar-refractivity contribution in [1.82, 2.24) is 4.57 Å². The molecular formula is C27H26N2O8S. The van der Waals surface area contributed by atoms with E-state index < -0.39 is 18.0 Å². The van der Waals surface area contributed by atoms with Crippen molar-refractivity contribution in [3.05, 3.63) is 78.5 Å². The number of thiazole rings is 1. The van der Waals surface area contributed by atoms with E-state index in [0.29, 0.717) is 37.7 Å². The second kappa shape index (κ2) is 10.9. The molecule has 0 N–H and O–H groups in total. The van der Waals surface area contributed by atoms with E-state index in [-0.39, 0.29) is 22.6 Å². The molecule has 38 heavy (non-hydrogen) atoms. The number of carbonyl (C=O) groups is 2. The Morgan fingerprint density at radius 2 is 1.71 bits per heavy atom. The number of hydrogen-bond acceptors (Lipinski definition) is 10. The zero-order valence-electron chi connectivity index (χ0n) is 21.7. The molecule has 1 atom stereocenters. The van der Waals surface area contributed by atoms with Crippen LogP contribution in [0.15, 0.2) is 57.5 Å². The monoisotopic (exact) mass is 538 g/mol. The Morgan fingerprint density at radius 3 is 2.34 bits per heavy atom. The zero-order chi connectivity index (χ0) is 27.6. The maximum absolute atomic E-state index is 13.8. The van der Waals surface area contributed by atoms with Gasteiger partial charge in [0.1, 0.15) is 11.5 Å². The highest BCUT2D eigenvalue weighted by Crippen LogP contribution is 2.36. The van der Waals surface area contributed by atoms with Gasteiger partial charge in [-0.3, -0.25) is 14.2 Å². The van der Waals surface area contributed by atoms with Crippen LogP contribution in [0.3, 0.4) is 0 Å². The predicted molar refractivity (Wildman–Crippen MR) is 140 cm³/mol. The molecule has 3 aromatic rings. The van der Waals surface area contributed by atoms with Crippen molar-refractivity contribution in [1.29, 1.82) is 0 Å². The molecule has 1 aromatic heterocycles. The standard InChI is InChI=1S/C27H26N2O8S/c1-14-23(26(32)36-6)24(17-8-10-19(37-15(2)30)21(11-17)35-5)29-25(31)22(38-27(29)28-14)12-16-7-9-18(33-3)13-20(16)34-4/h7-13,24H,1-6H3/b22-12-/t24-/m0/s1. The van der Waals surface area contributed by atoms with Crippen LogP contribution in [0.5, 0.6) is 23.0 Å². The summed E-state index contributed by atoms with van der Waals surface area (Å²) in [5.41, 5.74) is 1.48. The lowest BCUT2D eigenvalue weighted by atomic mass is 9.95. The third-order valence-corrected chi connectivity index (χ3v) is 6.89. The highest BCUT2D eigenvalue weighted by molar-refractivity contribution is 7.07. The van der Waals surface area contributed by atoms with Crippen LogP contribution in [-0.2, 0) is 14.3 Å². The van der Waals surface area contributed by atoms with Crippen LogP contribution >= 0.6 is 11.3 Å². The molecule has 0 amide bonds. The number of nitrogens with zero attached hydrogens (tertiary/aromatic N) is 2. The van der Waals surface area contributed by atoms with E-state index in [4.69, 9.17) is 23.7 Å². The maximum Gasteiger partial charge on any atom is 0.338 e. The van der Waals surface area contributed by atoms with Gasteiger partial charge in [-0.1, -0.05) is 17.4 Å². The number of carbonyl (C=O) groups excluding carboxylic acids is 2. The van der Waals surface area contributed by atoms with Crippen molar-refractivity contribution in [2.75, 3.05) is 28.4 Å². The summed E-state index contributed by atoms with van der Waals surface area (Å²) in [6.45, 7) is 2.97. The molecule has 1 aliphatic rings. The van der Waals surface area contributed by atoms with Crippen LogP contribution < -0.4 is 33.8 Å². The number of esters is 2. The second-order valence-electron chi connectivity index (χ2n) is 8.19. The van der Waals surface area contributed by atoms with Crippen LogP contribution in [0, 0.1) is 0 Å². The Hall–Kier alpha value is -4.38. The van der Waals surface area contributed by atoms with Crippen molar-refractivity contribution < 1.29 is 33.3 Å². The highest BCUT2D eigenvalue weighted by atomic mass is 32.1. The molecular weight excluding hydrogens is 512 g/mol. The lowest BCUT2D eigenvalue weighted by Crippen LogP contribution is -2.39. The molecule has 1 aliphatic heterocycles. The average molecular weight is 539 g/mol. The zero-order valence-corrected chi connectivity index (χ0v) is 22.5. The van der Waals surface area contributed by atoms with Gasteiger partial charge in [0.2, 0.25) is 0 Å². The van der Waals surface area contributed by atoms with Gasteiger partial charge in [0.15, 0.2) is 16.3 Å². The van der Waals surface area contributed by atoms with Crippen LogP contribution in [0.25, 0.3) is 6.08 Å². The van der Waals surface area contributed by atoms with Gasteiger partial charge in [-0.25, -0.2) is 9.79 Å². The smallest absolute Gasteiger partial charge is 0.338 e. The van der Waals surface area contributed by atoms with E-state index in [2.05, 4.69) is 4.99 Å². The van der Waals surface area contributed by atoms with Gasteiger partial charge in [0.05, 0.1) is 50.3 Å². The summed E-state index contributed by atoms with van der Waals surface area (Å²) in [6.07, 6.45) is 1.71. The summed E-state index contributed by atoms with van der Waals surface area (Å²) in [4.78, 5) is 43.2. The number of hydrogen-bond donors (Lipinski definition) is 0. The normalized spacial score (nSPS) is 14.9. The SMILES string of the molecule is COC(=O)C1=C(C)N=c2s/c(=C\c3ccc(OC)cc3OC)c(=O)n2[C@H]1c1ccc(OC(C)=O)c(OC)c1. The summed E-state index contributed by atoms with van der Waals surface area (Å²) in [5.74, 6) is 0.494. The number of rotatable bonds is 7. The molecule has 11 heteroatoms. The fraction of sp³-hybridized carbons (Fsp3) is 0.259. The van der Waals surface area contributed by atoms with Gasteiger partial charge in [0, 0.05) is 18.6 Å². The Bertz CT molecular complexity index is 1630. The third-order valence-electron chi connectivity index (χ3n) is 5.91. The number of methoxy groups -OCH3 is 4. The molecule has 0 saturated heterocycles. The summed E-state index contributed by atoms with van der Waals surface area (Å²) >= 11 is 1.19.